The van der Waals surface area contributed by atoms with Crippen molar-refractivity contribution >= 4 is 11.7 Å². The maximum atomic E-state index is 13.8. The van der Waals surface area contributed by atoms with E-state index in [0.29, 0.717) is 36.5 Å². The van der Waals surface area contributed by atoms with E-state index in [1.54, 1.807) is 19.1 Å². The van der Waals surface area contributed by atoms with Gasteiger partial charge in [0.25, 0.3) is 0 Å². The summed E-state index contributed by atoms with van der Waals surface area (Å²) in [5.74, 6) is -1.07. The van der Waals surface area contributed by atoms with Gasteiger partial charge in [-0.25, -0.2) is 0 Å². The van der Waals surface area contributed by atoms with Crippen LogP contribution in [0.5, 0.6) is 0 Å². The Bertz CT molecular complexity index is 1120. The lowest BCUT2D eigenvalue weighted by molar-refractivity contribution is -0.147. The van der Waals surface area contributed by atoms with Crippen LogP contribution in [0.3, 0.4) is 0 Å². The smallest absolute Gasteiger partial charge is 0.416 e. The number of rotatable bonds is 8. The molecule has 0 spiro atoms. The predicted octanol–water partition coefficient (Wildman–Crippen LogP) is 6.52. The number of likely N-dealkylation sites (tertiary alicyclic amines) is 1. The maximum Gasteiger partial charge on any atom is 0.416 e. The molecule has 0 aromatic heterocycles. The van der Waals surface area contributed by atoms with Crippen molar-refractivity contribution in [1.82, 2.24) is 4.90 Å². The van der Waals surface area contributed by atoms with Gasteiger partial charge in [-0.3, -0.25) is 9.69 Å². The number of carboxylic acid groups (broad SMARTS) is 1. The van der Waals surface area contributed by atoms with Crippen molar-refractivity contribution in [1.29, 1.82) is 0 Å². The fourth-order valence-electron chi connectivity index (χ4n) is 5.16. The van der Waals surface area contributed by atoms with Gasteiger partial charge in [0.15, 0.2) is 0 Å². The number of nitrogens with zero attached hydrogens (tertiary/aromatic N) is 2. The molecule has 2 aromatic rings. The first-order chi connectivity index (χ1) is 17.1. The summed E-state index contributed by atoms with van der Waals surface area (Å²) in [5.41, 5.74) is 3.97. The third-order valence-electron chi connectivity index (χ3n) is 7.36. The second-order valence-corrected chi connectivity index (χ2v) is 10.1. The molecule has 1 saturated carbocycles. The molecule has 0 radical (unpaired) electrons. The van der Waals surface area contributed by atoms with E-state index >= 15 is 0 Å². The molecule has 5 nitrogen and oxygen atoms in total. The molecule has 0 atom stereocenters. The minimum Gasteiger partial charge on any atom is -0.481 e. The van der Waals surface area contributed by atoms with E-state index in [1.807, 2.05) is 25.1 Å². The Hall–Kier alpha value is -2.87. The van der Waals surface area contributed by atoms with Crippen LogP contribution in [0.4, 0.5) is 13.2 Å². The summed E-state index contributed by atoms with van der Waals surface area (Å²) in [5, 5.41) is 13.2. The zero-order valence-corrected chi connectivity index (χ0v) is 20.8. The highest BCUT2D eigenvalue weighted by atomic mass is 19.4. The molecule has 2 aromatic carbocycles. The minimum atomic E-state index is -4.40. The number of halogens is 3. The van der Waals surface area contributed by atoms with Gasteiger partial charge in [-0.1, -0.05) is 48.7 Å². The summed E-state index contributed by atoms with van der Waals surface area (Å²) in [7, 11) is 0. The van der Waals surface area contributed by atoms with Crippen LogP contribution in [-0.2, 0) is 29.0 Å². The fraction of sp³-hybridized carbons (Fsp3) is 0.500. The van der Waals surface area contributed by atoms with Gasteiger partial charge in [-0.05, 0) is 72.6 Å². The average Bonchev–Trinajstić information content (AvgIpc) is 2.81. The van der Waals surface area contributed by atoms with Gasteiger partial charge in [-0.15, -0.1) is 0 Å². The maximum absolute atomic E-state index is 13.8. The van der Waals surface area contributed by atoms with Crippen LogP contribution >= 0.6 is 0 Å². The van der Waals surface area contributed by atoms with E-state index in [9.17, 15) is 18.0 Å². The fourth-order valence-corrected chi connectivity index (χ4v) is 5.16. The lowest BCUT2D eigenvalue weighted by Crippen LogP contribution is -2.49. The van der Waals surface area contributed by atoms with Crippen molar-refractivity contribution in [3.05, 3.63) is 69.8 Å². The monoisotopic (exact) mass is 502 g/mol. The van der Waals surface area contributed by atoms with Crippen LogP contribution < -0.4 is 0 Å². The lowest BCUT2D eigenvalue weighted by atomic mass is 9.81. The summed E-state index contributed by atoms with van der Waals surface area (Å²) in [4.78, 5) is 18.5. The second kappa shape index (κ2) is 11.0. The van der Waals surface area contributed by atoms with E-state index < -0.39 is 17.7 Å². The number of hydrogen-bond acceptors (Lipinski definition) is 4. The van der Waals surface area contributed by atoms with Crippen molar-refractivity contribution in [3.8, 4) is 0 Å². The minimum absolute atomic E-state index is 0.0310. The van der Waals surface area contributed by atoms with Crippen molar-refractivity contribution in [2.24, 2.45) is 11.1 Å². The van der Waals surface area contributed by atoms with Crippen molar-refractivity contribution in [3.63, 3.8) is 0 Å². The Kier molecular flexibility index (Phi) is 8.03. The Morgan fingerprint density at radius 2 is 1.83 bits per heavy atom. The van der Waals surface area contributed by atoms with Crippen molar-refractivity contribution in [2.75, 3.05) is 13.1 Å². The molecule has 1 N–H and O–H groups in total. The topological polar surface area (TPSA) is 62.1 Å². The molecule has 1 aliphatic carbocycles. The zero-order chi connectivity index (χ0) is 25.9. The largest absolute Gasteiger partial charge is 0.481 e. The molecule has 2 aliphatic rings. The lowest BCUT2D eigenvalue weighted by Gasteiger charge is -2.36. The molecule has 1 heterocycles. The van der Waals surface area contributed by atoms with Gasteiger partial charge >= 0.3 is 12.1 Å². The highest BCUT2D eigenvalue weighted by molar-refractivity contribution is 5.98. The first kappa shape index (κ1) is 26.2. The van der Waals surface area contributed by atoms with Gasteiger partial charge in [0.1, 0.15) is 6.61 Å². The summed E-state index contributed by atoms with van der Waals surface area (Å²) >= 11 is 0. The Balaban J connectivity index is 1.38. The SMILES string of the molecule is CC(=NOCc1ccc(C2CCCCC2)c(C(F)(F)F)c1)c1ccc(CN2CC(C(=O)O)C2)c(C)c1. The highest BCUT2D eigenvalue weighted by Crippen LogP contribution is 2.41. The van der Waals surface area contributed by atoms with E-state index in [1.165, 1.54) is 6.07 Å². The molecule has 194 valence electrons. The molecule has 36 heavy (non-hydrogen) atoms. The third-order valence-corrected chi connectivity index (χ3v) is 7.36. The van der Waals surface area contributed by atoms with Crippen LogP contribution in [0.25, 0.3) is 0 Å². The number of carboxylic acids is 1. The van der Waals surface area contributed by atoms with Gasteiger partial charge in [0, 0.05) is 19.6 Å². The molecule has 8 heteroatoms. The molecule has 1 aliphatic heterocycles. The Labute approximate surface area is 209 Å². The van der Waals surface area contributed by atoms with Gasteiger partial charge < -0.3 is 9.94 Å². The molecule has 1 saturated heterocycles. The van der Waals surface area contributed by atoms with E-state index in [0.717, 1.165) is 48.8 Å². The van der Waals surface area contributed by atoms with Crippen LogP contribution in [0.2, 0.25) is 0 Å². The number of alkyl halides is 3. The van der Waals surface area contributed by atoms with Crippen LogP contribution in [0.15, 0.2) is 41.6 Å². The average molecular weight is 503 g/mol. The number of carbonyl (C=O) groups is 1. The summed E-state index contributed by atoms with van der Waals surface area (Å²) in [6, 6.07) is 10.5. The van der Waals surface area contributed by atoms with E-state index in [-0.39, 0.29) is 18.4 Å². The molecular formula is C28H33F3N2O3. The van der Waals surface area contributed by atoms with Crippen molar-refractivity contribution < 1.29 is 27.9 Å². The molecule has 2 fully saturated rings. The Morgan fingerprint density at radius 1 is 1.11 bits per heavy atom. The van der Waals surface area contributed by atoms with Crippen molar-refractivity contribution in [2.45, 2.75) is 71.2 Å². The van der Waals surface area contributed by atoms with Crippen LogP contribution in [0, 0.1) is 12.8 Å². The molecule has 0 amide bonds. The molecular weight excluding hydrogens is 469 g/mol. The predicted molar refractivity (Wildman–Crippen MR) is 132 cm³/mol. The number of hydrogen-bond donors (Lipinski definition) is 1. The van der Waals surface area contributed by atoms with Gasteiger partial charge in [0.2, 0.25) is 0 Å². The quantitative estimate of drug-likeness (QED) is 0.330. The van der Waals surface area contributed by atoms with Crippen LogP contribution in [0.1, 0.15) is 78.3 Å². The highest BCUT2D eigenvalue weighted by Gasteiger charge is 2.36. The van der Waals surface area contributed by atoms with Crippen LogP contribution in [-0.4, -0.2) is 34.8 Å². The number of oxime groups is 1. The molecule has 0 bridgehead atoms. The number of aliphatic carboxylic acids is 1. The molecule has 4 rings (SSSR count). The number of aryl methyl sites for hydroxylation is 1. The van der Waals surface area contributed by atoms with E-state index in [2.05, 4.69) is 10.1 Å². The summed E-state index contributed by atoms with van der Waals surface area (Å²) in [6.45, 7) is 5.57. The standard InChI is InChI=1S/C28H33F3N2O3/c1-18-12-22(9-10-23(18)14-33-15-24(16-33)27(34)35)19(2)32-36-17-20-8-11-25(21-6-4-3-5-7-21)26(13-20)28(29,30)31/h8-13,21,24H,3-7,14-17H2,1-2H3,(H,34,35). The first-order valence-corrected chi connectivity index (χ1v) is 12.5. The van der Waals surface area contributed by atoms with Gasteiger partial charge in [0.05, 0.1) is 17.2 Å². The first-order valence-electron chi connectivity index (χ1n) is 12.5. The molecule has 0 unspecified atom stereocenters. The van der Waals surface area contributed by atoms with Gasteiger partial charge in [-0.2, -0.15) is 13.2 Å². The number of benzene rings is 2. The third kappa shape index (κ3) is 6.27. The second-order valence-electron chi connectivity index (χ2n) is 10.1. The summed E-state index contributed by atoms with van der Waals surface area (Å²) in [6.07, 6.45) is 0.263. The summed E-state index contributed by atoms with van der Waals surface area (Å²) < 4.78 is 41.4. The van der Waals surface area contributed by atoms with E-state index in [4.69, 9.17) is 9.94 Å². The Morgan fingerprint density at radius 3 is 2.47 bits per heavy atom. The zero-order valence-electron chi connectivity index (χ0n) is 20.8. The normalized spacial score (nSPS) is 18.2.